The average Bonchev–Trinajstić information content (AvgIpc) is 3.18. The number of rotatable bonds is 5. The number of nitrogens with zero attached hydrogens (tertiary/aromatic N) is 2. The summed E-state index contributed by atoms with van der Waals surface area (Å²) < 4.78 is 5.42. The molecule has 0 bridgehead atoms. The summed E-state index contributed by atoms with van der Waals surface area (Å²) in [6, 6.07) is 9.04. The highest BCUT2D eigenvalue weighted by atomic mass is 16.4. The van der Waals surface area contributed by atoms with Gasteiger partial charge < -0.3 is 19.3 Å². The quantitative estimate of drug-likeness (QED) is 0.817. The molecule has 1 aromatic heterocycles. The molecule has 1 aliphatic heterocycles. The van der Waals surface area contributed by atoms with Gasteiger partial charge in [-0.2, -0.15) is 0 Å². The fraction of sp³-hybridized carbons (Fsp3) is 0.350. The van der Waals surface area contributed by atoms with Crippen molar-refractivity contribution in [1.29, 1.82) is 0 Å². The minimum Gasteiger partial charge on any atom is -0.478 e. The van der Waals surface area contributed by atoms with E-state index in [1.807, 2.05) is 31.2 Å². The van der Waals surface area contributed by atoms with Crippen molar-refractivity contribution < 1.29 is 23.9 Å². The third-order valence-electron chi connectivity index (χ3n) is 4.82. The van der Waals surface area contributed by atoms with Gasteiger partial charge in [0.15, 0.2) is 0 Å². The number of hydrogen-bond donors (Lipinski definition) is 1. The van der Waals surface area contributed by atoms with Crippen LogP contribution in [-0.4, -0.2) is 41.4 Å². The second kappa shape index (κ2) is 7.26. The molecule has 7 nitrogen and oxygen atoms in total. The second-order valence-corrected chi connectivity index (χ2v) is 6.85. The van der Waals surface area contributed by atoms with Crippen molar-refractivity contribution in [3.63, 3.8) is 0 Å². The van der Waals surface area contributed by atoms with E-state index in [-0.39, 0.29) is 23.9 Å². The molecule has 1 N–H and O–H groups in total. The van der Waals surface area contributed by atoms with Crippen LogP contribution in [0, 0.1) is 19.8 Å². The first-order chi connectivity index (χ1) is 12.8. The van der Waals surface area contributed by atoms with E-state index in [2.05, 4.69) is 0 Å². The van der Waals surface area contributed by atoms with Gasteiger partial charge in [0.05, 0.1) is 6.54 Å². The largest absolute Gasteiger partial charge is 0.478 e. The Balaban J connectivity index is 1.68. The molecule has 2 aromatic rings. The fourth-order valence-corrected chi connectivity index (χ4v) is 3.30. The number of carboxylic acid groups (broad SMARTS) is 1. The van der Waals surface area contributed by atoms with E-state index in [4.69, 9.17) is 9.52 Å². The van der Waals surface area contributed by atoms with E-state index in [1.165, 1.54) is 11.0 Å². The maximum absolute atomic E-state index is 12.7. The molecule has 0 spiro atoms. The predicted octanol–water partition coefficient (Wildman–Crippen LogP) is 2.61. The van der Waals surface area contributed by atoms with Crippen molar-refractivity contribution >= 4 is 23.5 Å². The van der Waals surface area contributed by atoms with Crippen molar-refractivity contribution in [3.05, 3.63) is 53.0 Å². The molecule has 2 amide bonds. The molecule has 0 saturated carbocycles. The van der Waals surface area contributed by atoms with E-state index in [0.29, 0.717) is 24.5 Å². The normalized spacial score (nSPS) is 16.6. The van der Waals surface area contributed by atoms with E-state index in [9.17, 15) is 14.4 Å². The van der Waals surface area contributed by atoms with Crippen LogP contribution in [0.4, 0.5) is 5.69 Å². The number of aryl methyl sites for hydroxylation is 2. The van der Waals surface area contributed by atoms with Crippen molar-refractivity contribution in [2.45, 2.75) is 26.8 Å². The first-order valence-electron chi connectivity index (χ1n) is 8.73. The molecular weight excluding hydrogens is 348 g/mol. The fourth-order valence-electron chi connectivity index (χ4n) is 3.30. The van der Waals surface area contributed by atoms with Crippen LogP contribution in [0.15, 0.2) is 34.7 Å². The number of carbonyl (C=O) groups is 3. The number of anilines is 1. The van der Waals surface area contributed by atoms with Crippen molar-refractivity contribution in [1.82, 2.24) is 4.90 Å². The molecule has 1 aromatic carbocycles. The zero-order chi connectivity index (χ0) is 19.7. The van der Waals surface area contributed by atoms with Crippen molar-refractivity contribution in [3.8, 4) is 0 Å². The van der Waals surface area contributed by atoms with Crippen LogP contribution >= 0.6 is 0 Å². The van der Waals surface area contributed by atoms with Crippen LogP contribution in [0.1, 0.15) is 33.9 Å². The Morgan fingerprint density at radius 3 is 2.52 bits per heavy atom. The highest BCUT2D eigenvalue weighted by molar-refractivity contribution is 6.09. The molecule has 27 heavy (non-hydrogen) atoms. The van der Waals surface area contributed by atoms with Gasteiger partial charge in [-0.25, -0.2) is 4.79 Å². The topological polar surface area (TPSA) is 91.1 Å². The van der Waals surface area contributed by atoms with Gasteiger partial charge in [0.2, 0.25) is 11.8 Å². The molecule has 142 valence electrons. The summed E-state index contributed by atoms with van der Waals surface area (Å²) in [7, 11) is 1.59. The van der Waals surface area contributed by atoms with Crippen molar-refractivity contribution in [2.75, 3.05) is 18.5 Å². The highest BCUT2D eigenvalue weighted by Crippen LogP contribution is 2.27. The lowest BCUT2D eigenvalue weighted by atomic mass is 10.1. The van der Waals surface area contributed by atoms with E-state index in [0.717, 1.165) is 11.3 Å². The number of aromatic carboxylic acids is 1. The van der Waals surface area contributed by atoms with Gasteiger partial charge in [0, 0.05) is 19.3 Å². The molecule has 1 aliphatic rings. The smallest absolute Gasteiger partial charge is 0.339 e. The number of carbonyl (C=O) groups excluding carboxylic acids is 2. The molecule has 2 heterocycles. The molecule has 0 aliphatic carbocycles. The summed E-state index contributed by atoms with van der Waals surface area (Å²) in [6.07, 6.45) is 0.452. The number of hydrogen-bond acceptors (Lipinski definition) is 4. The van der Waals surface area contributed by atoms with Gasteiger partial charge in [0.1, 0.15) is 23.0 Å². The van der Waals surface area contributed by atoms with Gasteiger partial charge in [-0.15, -0.1) is 0 Å². The van der Waals surface area contributed by atoms with Gasteiger partial charge in [-0.1, -0.05) is 17.7 Å². The van der Waals surface area contributed by atoms with Crippen LogP contribution in [0.3, 0.4) is 0 Å². The molecule has 3 rings (SSSR count). The lowest BCUT2D eigenvalue weighted by Gasteiger charge is -2.20. The number of furan rings is 1. The Hall–Kier alpha value is -3.09. The summed E-state index contributed by atoms with van der Waals surface area (Å²) in [4.78, 5) is 39.6. The Morgan fingerprint density at radius 2 is 1.93 bits per heavy atom. The number of amides is 2. The summed E-state index contributed by atoms with van der Waals surface area (Å²) in [5, 5.41) is 9.09. The molecule has 1 saturated heterocycles. The molecular formula is C20H22N2O5. The lowest BCUT2D eigenvalue weighted by molar-refractivity contribution is -0.139. The van der Waals surface area contributed by atoms with Crippen molar-refractivity contribution in [2.24, 2.45) is 5.92 Å². The third-order valence-corrected chi connectivity index (χ3v) is 4.82. The first kappa shape index (κ1) is 18.7. The SMILES string of the molecule is Cc1ccc(N2CC[C@H](C(=O)N(C)Cc3cc(C(=O)O)c(C)o3)C2=O)cc1. The minimum absolute atomic E-state index is 0.0772. The summed E-state index contributed by atoms with van der Waals surface area (Å²) in [6.45, 7) is 4.15. The standard InChI is InChI=1S/C20H22N2O5/c1-12-4-6-14(7-5-12)22-9-8-16(19(22)24)18(23)21(3)11-15-10-17(20(25)26)13(2)27-15/h4-7,10,16H,8-9,11H2,1-3H3,(H,25,26)/t16-/m1/s1. The van der Waals surface area contributed by atoms with Gasteiger partial charge in [0.25, 0.3) is 0 Å². The molecule has 0 radical (unpaired) electrons. The highest BCUT2D eigenvalue weighted by Gasteiger charge is 2.39. The lowest BCUT2D eigenvalue weighted by Crippen LogP contribution is -2.37. The van der Waals surface area contributed by atoms with E-state index < -0.39 is 11.9 Å². The predicted molar refractivity (Wildman–Crippen MR) is 98.5 cm³/mol. The Morgan fingerprint density at radius 1 is 1.26 bits per heavy atom. The minimum atomic E-state index is -1.07. The average molecular weight is 370 g/mol. The molecule has 7 heteroatoms. The van der Waals surface area contributed by atoms with Crippen LogP contribution in [0.25, 0.3) is 0 Å². The Bertz CT molecular complexity index is 884. The van der Waals surface area contributed by atoms with Gasteiger partial charge in [-0.05, 0) is 38.5 Å². The third kappa shape index (κ3) is 3.72. The van der Waals surface area contributed by atoms with Gasteiger partial charge >= 0.3 is 5.97 Å². The van der Waals surface area contributed by atoms with E-state index in [1.54, 1.807) is 18.9 Å². The summed E-state index contributed by atoms with van der Waals surface area (Å²) >= 11 is 0. The van der Waals surface area contributed by atoms with E-state index >= 15 is 0 Å². The maximum Gasteiger partial charge on any atom is 0.339 e. The zero-order valence-electron chi connectivity index (χ0n) is 15.6. The monoisotopic (exact) mass is 370 g/mol. The van der Waals surface area contributed by atoms with Crippen LogP contribution < -0.4 is 4.90 Å². The Kier molecular flexibility index (Phi) is 5.03. The zero-order valence-corrected chi connectivity index (χ0v) is 15.6. The second-order valence-electron chi connectivity index (χ2n) is 6.85. The maximum atomic E-state index is 12.7. The molecule has 1 fully saturated rings. The van der Waals surface area contributed by atoms with Gasteiger partial charge in [-0.3, -0.25) is 9.59 Å². The summed E-state index contributed by atoms with van der Waals surface area (Å²) in [5.41, 5.74) is 1.97. The number of benzene rings is 1. The summed E-state index contributed by atoms with van der Waals surface area (Å²) in [5.74, 6) is -1.64. The van der Waals surface area contributed by atoms with Crippen LogP contribution in [0.5, 0.6) is 0 Å². The number of carboxylic acids is 1. The van der Waals surface area contributed by atoms with Crippen LogP contribution in [-0.2, 0) is 16.1 Å². The van der Waals surface area contributed by atoms with Crippen LogP contribution in [0.2, 0.25) is 0 Å². The Labute approximate surface area is 157 Å². The molecule has 1 atom stereocenters. The molecule has 0 unspecified atom stereocenters. The first-order valence-corrected chi connectivity index (χ1v) is 8.73.